The predicted octanol–water partition coefficient (Wildman–Crippen LogP) is -2.18. The normalized spacial score (nSPS) is 43.9. The summed E-state index contributed by atoms with van der Waals surface area (Å²) in [6.45, 7) is 1.58. The summed E-state index contributed by atoms with van der Waals surface area (Å²) in [6, 6.07) is 0. The summed E-state index contributed by atoms with van der Waals surface area (Å²) in [5, 5.41) is 36.9. The van der Waals surface area contributed by atoms with Gasteiger partial charge in [0.25, 0.3) is 0 Å². The van der Waals surface area contributed by atoms with Crippen molar-refractivity contribution in [3.8, 4) is 0 Å². The first kappa shape index (κ1) is 11.8. The lowest BCUT2D eigenvalue weighted by atomic mass is 9.99. The Morgan fingerprint density at radius 1 is 1.14 bits per heavy atom. The molecule has 0 aromatic carbocycles. The van der Waals surface area contributed by atoms with E-state index in [2.05, 4.69) is 0 Å². The standard InChI is InChI=1S/C8H16O6/c1-2-13-8-7(12)6(11)5(10)4(3-9)14-8/h4-12H,2-3H2,1H3/t4?,5-,6-,7?,8?/m0/s1. The van der Waals surface area contributed by atoms with E-state index in [-0.39, 0.29) is 0 Å². The average molecular weight is 208 g/mol. The smallest absolute Gasteiger partial charge is 0.186 e. The first-order valence-corrected chi connectivity index (χ1v) is 4.54. The molecule has 0 amide bonds. The Kier molecular flexibility index (Phi) is 4.24. The second kappa shape index (κ2) is 5.01. The van der Waals surface area contributed by atoms with E-state index in [1.165, 1.54) is 0 Å². The number of aliphatic hydroxyl groups excluding tert-OH is 4. The average Bonchev–Trinajstić information content (AvgIpc) is 2.19. The summed E-state index contributed by atoms with van der Waals surface area (Å²) in [7, 11) is 0. The van der Waals surface area contributed by atoms with Crippen LogP contribution in [-0.2, 0) is 9.47 Å². The van der Waals surface area contributed by atoms with Crippen molar-refractivity contribution in [3.63, 3.8) is 0 Å². The molecule has 5 atom stereocenters. The van der Waals surface area contributed by atoms with Crippen molar-refractivity contribution in [1.82, 2.24) is 0 Å². The molecule has 84 valence electrons. The SMILES string of the molecule is CCOC1OC(CO)[C@H](O)[C@H](O)C1O. The Morgan fingerprint density at radius 2 is 1.79 bits per heavy atom. The highest BCUT2D eigenvalue weighted by Gasteiger charge is 2.43. The minimum absolute atomic E-state index is 0.308. The van der Waals surface area contributed by atoms with Crippen molar-refractivity contribution < 1.29 is 29.9 Å². The molecule has 1 fully saturated rings. The molecule has 1 aliphatic rings. The van der Waals surface area contributed by atoms with Crippen LogP contribution in [0.3, 0.4) is 0 Å². The Hall–Kier alpha value is -0.240. The molecule has 1 saturated heterocycles. The Morgan fingerprint density at radius 3 is 2.29 bits per heavy atom. The fourth-order valence-electron chi connectivity index (χ4n) is 1.37. The minimum Gasteiger partial charge on any atom is -0.394 e. The Bertz CT molecular complexity index is 171. The molecule has 0 bridgehead atoms. The van der Waals surface area contributed by atoms with Gasteiger partial charge in [-0.3, -0.25) is 0 Å². The third kappa shape index (κ3) is 2.22. The van der Waals surface area contributed by atoms with Crippen LogP contribution in [0.2, 0.25) is 0 Å². The maximum atomic E-state index is 9.41. The highest BCUT2D eigenvalue weighted by Crippen LogP contribution is 2.21. The van der Waals surface area contributed by atoms with Gasteiger partial charge in [0.2, 0.25) is 0 Å². The molecule has 3 unspecified atom stereocenters. The van der Waals surface area contributed by atoms with Gasteiger partial charge in [0.05, 0.1) is 6.61 Å². The Labute approximate surface area is 81.7 Å². The molecule has 6 heteroatoms. The van der Waals surface area contributed by atoms with Crippen molar-refractivity contribution in [2.45, 2.75) is 37.6 Å². The van der Waals surface area contributed by atoms with Crippen molar-refractivity contribution in [3.05, 3.63) is 0 Å². The fourth-order valence-corrected chi connectivity index (χ4v) is 1.37. The van der Waals surface area contributed by atoms with Crippen LogP contribution in [-0.4, -0.2) is 64.3 Å². The zero-order valence-electron chi connectivity index (χ0n) is 7.91. The van der Waals surface area contributed by atoms with E-state index in [1.54, 1.807) is 6.92 Å². The van der Waals surface area contributed by atoms with E-state index in [0.29, 0.717) is 6.61 Å². The molecule has 0 saturated carbocycles. The second-order valence-corrected chi connectivity index (χ2v) is 3.15. The summed E-state index contributed by atoms with van der Waals surface area (Å²) in [4.78, 5) is 0. The topological polar surface area (TPSA) is 99.4 Å². The number of ether oxygens (including phenoxy) is 2. The van der Waals surface area contributed by atoms with Crippen molar-refractivity contribution in [1.29, 1.82) is 0 Å². The lowest BCUT2D eigenvalue weighted by molar-refractivity contribution is -0.300. The minimum atomic E-state index is -1.36. The van der Waals surface area contributed by atoms with Gasteiger partial charge in [-0.25, -0.2) is 0 Å². The van der Waals surface area contributed by atoms with E-state index in [1.807, 2.05) is 0 Å². The molecule has 0 spiro atoms. The van der Waals surface area contributed by atoms with E-state index in [4.69, 9.17) is 14.6 Å². The lowest BCUT2D eigenvalue weighted by Gasteiger charge is -2.39. The van der Waals surface area contributed by atoms with E-state index in [9.17, 15) is 15.3 Å². The highest BCUT2D eigenvalue weighted by atomic mass is 16.7. The molecule has 0 aromatic rings. The summed E-state index contributed by atoms with van der Waals surface area (Å²) in [5.74, 6) is 0. The first-order chi connectivity index (χ1) is 6.61. The molecule has 1 aliphatic heterocycles. The van der Waals surface area contributed by atoms with Gasteiger partial charge in [-0.2, -0.15) is 0 Å². The van der Waals surface area contributed by atoms with E-state index in [0.717, 1.165) is 0 Å². The summed E-state index contributed by atoms with van der Waals surface area (Å²) in [6.07, 6.45) is -5.89. The monoisotopic (exact) mass is 208 g/mol. The van der Waals surface area contributed by atoms with E-state index < -0.39 is 37.3 Å². The van der Waals surface area contributed by atoms with Gasteiger partial charge in [-0.05, 0) is 6.92 Å². The third-order valence-corrected chi connectivity index (χ3v) is 2.18. The van der Waals surface area contributed by atoms with Crippen molar-refractivity contribution >= 4 is 0 Å². The fraction of sp³-hybridized carbons (Fsp3) is 1.00. The predicted molar refractivity (Wildman–Crippen MR) is 45.4 cm³/mol. The molecular formula is C8H16O6. The first-order valence-electron chi connectivity index (χ1n) is 4.54. The maximum absolute atomic E-state index is 9.41. The van der Waals surface area contributed by atoms with Crippen LogP contribution in [0, 0.1) is 0 Å². The molecule has 0 radical (unpaired) electrons. The van der Waals surface area contributed by atoms with Gasteiger partial charge in [-0.1, -0.05) is 0 Å². The summed E-state index contributed by atoms with van der Waals surface area (Å²) in [5.41, 5.74) is 0. The molecular weight excluding hydrogens is 192 g/mol. The zero-order chi connectivity index (χ0) is 10.7. The van der Waals surface area contributed by atoms with E-state index >= 15 is 0 Å². The quantitative estimate of drug-likeness (QED) is 0.421. The lowest BCUT2D eigenvalue weighted by Crippen LogP contribution is -2.59. The Balaban J connectivity index is 2.63. The third-order valence-electron chi connectivity index (χ3n) is 2.18. The molecule has 1 rings (SSSR count). The summed E-state index contributed by atoms with van der Waals surface area (Å²) < 4.78 is 10.0. The molecule has 14 heavy (non-hydrogen) atoms. The second-order valence-electron chi connectivity index (χ2n) is 3.15. The van der Waals surface area contributed by atoms with Crippen LogP contribution >= 0.6 is 0 Å². The van der Waals surface area contributed by atoms with Gasteiger partial charge < -0.3 is 29.9 Å². The number of rotatable bonds is 3. The molecule has 6 nitrogen and oxygen atoms in total. The van der Waals surface area contributed by atoms with Gasteiger partial charge in [-0.15, -0.1) is 0 Å². The van der Waals surface area contributed by atoms with Crippen LogP contribution in [0.25, 0.3) is 0 Å². The molecule has 4 N–H and O–H groups in total. The van der Waals surface area contributed by atoms with Crippen molar-refractivity contribution in [2.75, 3.05) is 13.2 Å². The molecule has 0 aromatic heterocycles. The van der Waals surface area contributed by atoms with Gasteiger partial charge >= 0.3 is 0 Å². The van der Waals surface area contributed by atoms with Crippen LogP contribution in [0.1, 0.15) is 6.92 Å². The summed E-state index contributed by atoms with van der Waals surface area (Å²) >= 11 is 0. The molecule has 0 aliphatic carbocycles. The number of hydrogen-bond donors (Lipinski definition) is 4. The largest absolute Gasteiger partial charge is 0.394 e. The number of hydrogen-bond acceptors (Lipinski definition) is 6. The van der Waals surface area contributed by atoms with Crippen LogP contribution < -0.4 is 0 Å². The molecule has 1 heterocycles. The highest BCUT2D eigenvalue weighted by molar-refractivity contribution is 4.88. The van der Waals surface area contributed by atoms with Gasteiger partial charge in [0.15, 0.2) is 6.29 Å². The van der Waals surface area contributed by atoms with Crippen molar-refractivity contribution in [2.24, 2.45) is 0 Å². The van der Waals surface area contributed by atoms with Gasteiger partial charge in [0, 0.05) is 6.61 Å². The van der Waals surface area contributed by atoms with Crippen LogP contribution in [0.5, 0.6) is 0 Å². The zero-order valence-corrected chi connectivity index (χ0v) is 7.91. The van der Waals surface area contributed by atoms with Crippen LogP contribution in [0.4, 0.5) is 0 Å². The maximum Gasteiger partial charge on any atom is 0.186 e. The van der Waals surface area contributed by atoms with Gasteiger partial charge in [0.1, 0.15) is 24.4 Å². The van der Waals surface area contributed by atoms with Crippen LogP contribution in [0.15, 0.2) is 0 Å². The number of aliphatic hydroxyl groups is 4.